The van der Waals surface area contributed by atoms with Crippen LogP contribution in [-0.4, -0.2) is 42.7 Å². The van der Waals surface area contributed by atoms with E-state index in [-0.39, 0.29) is 5.91 Å². The Hall–Kier alpha value is -1.70. The maximum atomic E-state index is 12.9. The molecule has 0 spiro atoms. The molecule has 6 heteroatoms. The predicted octanol–water partition coefficient (Wildman–Crippen LogP) is 3.59. The number of carbonyl (C=O) groups excluding carboxylic acids is 1. The molecule has 0 bridgehead atoms. The summed E-state index contributed by atoms with van der Waals surface area (Å²) in [6.45, 7) is 1.54. The molecule has 5 nitrogen and oxygen atoms in total. The van der Waals surface area contributed by atoms with E-state index in [1.807, 2.05) is 23.1 Å². The SMILES string of the molecule is COc1cc(I)c(C(=O)N2CCC(n3cccc3)CC2)cc1OC. The maximum absolute atomic E-state index is 12.9. The molecule has 0 atom stereocenters. The zero-order chi connectivity index (χ0) is 17.1. The van der Waals surface area contributed by atoms with Crippen LogP contribution < -0.4 is 9.47 Å². The Kier molecular flexibility index (Phi) is 5.33. The van der Waals surface area contributed by atoms with Gasteiger partial charge < -0.3 is 18.9 Å². The van der Waals surface area contributed by atoms with Gasteiger partial charge in [0.2, 0.25) is 0 Å². The van der Waals surface area contributed by atoms with Crippen molar-refractivity contribution in [2.24, 2.45) is 0 Å². The van der Waals surface area contributed by atoms with Gasteiger partial charge in [0.1, 0.15) is 0 Å². The molecule has 1 aromatic heterocycles. The number of piperidine rings is 1. The monoisotopic (exact) mass is 440 g/mol. The molecule has 1 aliphatic rings. The molecular formula is C18H21IN2O3. The topological polar surface area (TPSA) is 43.7 Å². The van der Waals surface area contributed by atoms with Crippen LogP contribution in [0.2, 0.25) is 0 Å². The van der Waals surface area contributed by atoms with Crippen molar-refractivity contribution >= 4 is 28.5 Å². The van der Waals surface area contributed by atoms with E-state index in [2.05, 4.69) is 39.6 Å². The minimum Gasteiger partial charge on any atom is -0.493 e. The molecule has 1 saturated heterocycles. The zero-order valence-electron chi connectivity index (χ0n) is 13.9. The van der Waals surface area contributed by atoms with Crippen molar-refractivity contribution < 1.29 is 14.3 Å². The lowest BCUT2D eigenvalue weighted by Gasteiger charge is -2.33. The quantitative estimate of drug-likeness (QED) is 0.683. The minimum atomic E-state index is 0.0614. The number of halogens is 1. The Morgan fingerprint density at radius 1 is 1.08 bits per heavy atom. The number of rotatable bonds is 4. The van der Waals surface area contributed by atoms with E-state index in [1.165, 1.54) is 0 Å². The molecule has 1 fully saturated rings. The van der Waals surface area contributed by atoms with Crippen LogP contribution in [0.25, 0.3) is 0 Å². The third-order valence-corrected chi connectivity index (χ3v) is 5.40. The fourth-order valence-electron chi connectivity index (χ4n) is 3.15. The summed E-state index contributed by atoms with van der Waals surface area (Å²) in [6, 6.07) is 8.20. The van der Waals surface area contributed by atoms with Crippen molar-refractivity contribution in [2.75, 3.05) is 27.3 Å². The first-order valence-electron chi connectivity index (χ1n) is 7.97. The highest BCUT2D eigenvalue weighted by Gasteiger charge is 2.26. The van der Waals surface area contributed by atoms with E-state index in [1.54, 1.807) is 20.3 Å². The summed E-state index contributed by atoms with van der Waals surface area (Å²) in [6.07, 6.45) is 6.15. The predicted molar refractivity (Wildman–Crippen MR) is 101 cm³/mol. The summed E-state index contributed by atoms with van der Waals surface area (Å²) >= 11 is 2.18. The molecule has 2 heterocycles. The molecule has 0 aliphatic carbocycles. The summed E-state index contributed by atoms with van der Waals surface area (Å²) in [5, 5.41) is 0. The summed E-state index contributed by atoms with van der Waals surface area (Å²) in [5.74, 6) is 1.29. The van der Waals surface area contributed by atoms with Crippen LogP contribution in [0.5, 0.6) is 11.5 Å². The fraction of sp³-hybridized carbons (Fsp3) is 0.389. The number of amides is 1. The molecule has 0 N–H and O–H groups in total. The highest BCUT2D eigenvalue weighted by atomic mass is 127. The van der Waals surface area contributed by atoms with E-state index in [4.69, 9.17) is 9.47 Å². The van der Waals surface area contributed by atoms with Crippen molar-refractivity contribution in [3.05, 3.63) is 45.8 Å². The first-order valence-corrected chi connectivity index (χ1v) is 9.05. The maximum Gasteiger partial charge on any atom is 0.255 e. The van der Waals surface area contributed by atoms with Gasteiger partial charge in [0.25, 0.3) is 5.91 Å². The number of methoxy groups -OCH3 is 2. The summed E-state index contributed by atoms with van der Waals surface area (Å²) in [4.78, 5) is 14.8. The van der Waals surface area contributed by atoms with Crippen LogP contribution in [0.15, 0.2) is 36.7 Å². The van der Waals surface area contributed by atoms with E-state index in [0.29, 0.717) is 23.1 Å². The van der Waals surface area contributed by atoms with Crippen LogP contribution in [0.1, 0.15) is 29.2 Å². The van der Waals surface area contributed by atoms with E-state index in [0.717, 1.165) is 29.5 Å². The van der Waals surface area contributed by atoms with Crippen molar-refractivity contribution in [3.63, 3.8) is 0 Å². The minimum absolute atomic E-state index is 0.0614. The summed E-state index contributed by atoms with van der Waals surface area (Å²) in [7, 11) is 3.18. The first kappa shape index (κ1) is 17.1. The summed E-state index contributed by atoms with van der Waals surface area (Å²) < 4.78 is 13.7. The molecule has 0 radical (unpaired) electrons. The third-order valence-electron chi connectivity index (χ3n) is 4.50. The number of aromatic nitrogens is 1. The molecule has 24 heavy (non-hydrogen) atoms. The van der Waals surface area contributed by atoms with E-state index < -0.39 is 0 Å². The summed E-state index contributed by atoms with van der Waals surface area (Å²) in [5.41, 5.74) is 0.674. The van der Waals surface area contributed by atoms with Gasteiger partial charge in [-0.05, 0) is 59.7 Å². The number of likely N-dealkylation sites (tertiary alicyclic amines) is 1. The molecule has 0 unspecified atom stereocenters. The highest BCUT2D eigenvalue weighted by Crippen LogP contribution is 2.32. The van der Waals surface area contributed by atoms with Gasteiger partial charge in [-0.15, -0.1) is 0 Å². The number of carbonyl (C=O) groups is 1. The van der Waals surface area contributed by atoms with Crippen LogP contribution in [0.3, 0.4) is 0 Å². The number of nitrogens with zero attached hydrogens (tertiary/aromatic N) is 2. The molecule has 0 saturated carbocycles. The Bertz CT molecular complexity index is 707. The number of hydrogen-bond acceptors (Lipinski definition) is 3. The Balaban J connectivity index is 1.73. The molecular weight excluding hydrogens is 419 g/mol. The molecule has 1 amide bonds. The van der Waals surface area contributed by atoms with Crippen molar-refractivity contribution in [1.29, 1.82) is 0 Å². The van der Waals surface area contributed by atoms with Crippen LogP contribution in [0.4, 0.5) is 0 Å². The van der Waals surface area contributed by atoms with Gasteiger partial charge in [-0.25, -0.2) is 0 Å². The number of hydrogen-bond donors (Lipinski definition) is 0. The zero-order valence-corrected chi connectivity index (χ0v) is 16.0. The molecule has 1 aromatic carbocycles. The van der Waals surface area contributed by atoms with Crippen LogP contribution >= 0.6 is 22.6 Å². The third kappa shape index (κ3) is 3.38. The lowest BCUT2D eigenvalue weighted by atomic mass is 10.0. The Morgan fingerprint density at radius 2 is 1.67 bits per heavy atom. The lowest BCUT2D eigenvalue weighted by molar-refractivity contribution is 0.0693. The molecule has 3 rings (SSSR count). The highest BCUT2D eigenvalue weighted by molar-refractivity contribution is 14.1. The molecule has 1 aliphatic heterocycles. The van der Waals surface area contributed by atoms with E-state index in [9.17, 15) is 4.79 Å². The van der Waals surface area contributed by atoms with Gasteiger partial charge in [-0.1, -0.05) is 0 Å². The average Bonchev–Trinajstić information content (AvgIpc) is 3.15. The van der Waals surface area contributed by atoms with Crippen molar-refractivity contribution in [1.82, 2.24) is 9.47 Å². The first-order chi connectivity index (χ1) is 11.6. The van der Waals surface area contributed by atoms with Gasteiger partial charge in [0.15, 0.2) is 11.5 Å². The molecule has 2 aromatic rings. The van der Waals surface area contributed by atoms with Gasteiger partial charge >= 0.3 is 0 Å². The Labute approximate surface area is 155 Å². The fourth-order valence-corrected chi connectivity index (χ4v) is 3.82. The Morgan fingerprint density at radius 3 is 2.25 bits per heavy atom. The van der Waals surface area contributed by atoms with Gasteiger partial charge in [0, 0.05) is 35.1 Å². The lowest BCUT2D eigenvalue weighted by Crippen LogP contribution is -2.39. The normalized spacial score (nSPS) is 15.4. The second-order valence-electron chi connectivity index (χ2n) is 5.84. The van der Waals surface area contributed by atoms with Gasteiger partial charge in [-0.3, -0.25) is 4.79 Å². The largest absolute Gasteiger partial charge is 0.493 e. The van der Waals surface area contributed by atoms with Gasteiger partial charge in [-0.2, -0.15) is 0 Å². The smallest absolute Gasteiger partial charge is 0.255 e. The second-order valence-corrected chi connectivity index (χ2v) is 7.00. The van der Waals surface area contributed by atoms with Crippen molar-refractivity contribution in [3.8, 4) is 11.5 Å². The average molecular weight is 440 g/mol. The van der Waals surface area contributed by atoms with Crippen LogP contribution in [0, 0.1) is 3.57 Å². The molecule has 128 valence electrons. The number of benzene rings is 1. The number of ether oxygens (including phenoxy) is 2. The second kappa shape index (κ2) is 7.46. The van der Waals surface area contributed by atoms with E-state index >= 15 is 0 Å². The van der Waals surface area contributed by atoms with Crippen molar-refractivity contribution in [2.45, 2.75) is 18.9 Å². The standard InChI is InChI=1S/C18H21IN2O3/c1-23-16-11-14(15(19)12-17(16)24-2)18(22)21-9-5-13(6-10-21)20-7-3-4-8-20/h3-4,7-8,11-13H,5-6,9-10H2,1-2H3. The van der Waals surface area contributed by atoms with Crippen LogP contribution in [-0.2, 0) is 0 Å². The van der Waals surface area contributed by atoms with Gasteiger partial charge in [0.05, 0.1) is 19.8 Å².